The Morgan fingerprint density at radius 2 is 1.76 bits per heavy atom. The lowest BCUT2D eigenvalue weighted by atomic mass is 9.68. The summed E-state index contributed by atoms with van der Waals surface area (Å²) in [6.45, 7) is 3.72. The van der Waals surface area contributed by atoms with Crippen LogP contribution >= 0.6 is 27.3 Å². The fourth-order valence-corrected chi connectivity index (χ4v) is 4.87. The van der Waals surface area contributed by atoms with Gasteiger partial charge >= 0.3 is 0 Å². The molecule has 3 aromatic rings. The van der Waals surface area contributed by atoms with E-state index in [4.69, 9.17) is 0 Å². The second kappa shape index (κ2) is 6.52. The molecule has 0 saturated heterocycles. The molecule has 1 aliphatic rings. The number of benzene rings is 2. The number of aliphatic hydroxyl groups is 1. The predicted molar refractivity (Wildman–Crippen MR) is 108 cm³/mol. The fraction of sp³-hybridized carbons (Fsp3) is 0.190. The molecule has 0 amide bonds. The van der Waals surface area contributed by atoms with E-state index < -0.39 is 5.60 Å². The highest BCUT2D eigenvalue weighted by atomic mass is 79.9. The van der Waals surface area contributed by atoms with Gasteiger partial charge in [-0.15, -0.1) is 17.9 Å². The average molecular weight is 412 g/mol. The van der Waals surface area contributed by atoms with Crippen molar-refractivity contribution in [1.29, 1.82) is 0 Å². The maximum atomic E-state index is 10.1. The molecule has 0 spiro atoms. The Bertz CT molecular complexity index is 895. The van der Waals surface area contributed by atoms with Crippen LogP contribution in [0.15, 0.2) is 71.2 Å². The van der Waals surface area contributed by atoms with Gasteiger partial charge in [-0.05, 0) is 45.8 Å². The minimum atomic E-state index is -0.677. The second-order valence-corrected chi connectivity index (χ2v) is 8.82. The Balaban J connectivity index is 1.62. The Kier molecular flexibility index (Phi) is 4.36. The van der Waals surface area contributed by atoms with Crippen LogP contribution in [0.1, 0.15) is 24.3 Å². The first-order valence-electron chi connectivity index (χ1n) is 8.26. The van der Waals surface area contributed by atoms with Crippen LogP contribution in [0.4, 0.5) is 0 Å². The predicted octanol–water partition coefficient (Wildman–Crippen LogP) is 6.03. The molecule has 0 bridgehead atoms. The molecular weight excluding hydrogens is 394 g/mol. The number of halogens is 1. The van der Waals surface area contributed by atoms with Crippen molar-refractivity contribution in [2.45, 2.75) is 24.4 Å². The van der Waals surface area contributed by atoms with E-state index in [-0.39, 0.29) is 0 Å². The third-order valence-corrected chi connectivity index (χ3v) is 6.43. The zero-order valence-electron chi connectivity index (χ0n) is 13.7. The molecular formula is C21H18BrNOS. The molecule has 1 N–H and O–H groups in total. The lowest BCUT2D eigenvalue weighted by Crippen LogP contribution is -2.40. The first-order valence-corrected chi connectivity index (χ1v) is 9.87. The summed E-state index contributed by atoms with van der Waals surface area (Å²) in [5, 5.41) is 10.1. The van der Waals surface area contributed by atoms with Gasteiger partial charge in [-0.1, -0.05) is 60.7 Å². The van der Waals surface area contributed by atoms with Crippen molar-refractivity contribution in [2.75, 3.05) is 0 Å². The van der Waals surface area contributed by atoms with Gasteiger partial charge in [-0.2, -0.15) is 0 Å². The Morgan fingerprint density at radius 1 is 1.08 bits per heavy atom. The van der Waals surface area contributed by atoms with Gasteiger partial charge in [0.1, 0.15) is 0 Å². The van der Waals surface area contributed by atoms with E-state index >= 15 is 0 Å². The molecule has 2 nitrogen and oxygen atoms in total. The highest BCUT2D eigenvalue weighted by molar-refractivity contribution is 9.11. The maximum absolute atomic E-state index is 10.1. The van der Waals surface area contributed by atoms with Crippen LogP contribution in [-0.4, -0.2) is 15.7 Å². The topological polar surface area (TPSA) is 33.1 Å². The summed E-state index contributed by atoms with van der Waals surface area (Å²) in [6, 6.07) is 18.9. The molecule has 25 heavy (non-hydrogen) atoms. The highest BCUT2D eigenvalue weighted by Crippen LogP contribution is 2.46. The molecule has 4 rings (SSSR count). The number of aromatic nitrogens is 1. The summed E-state index contributed by atoms with van der Waals surface area (Å²) in [7, 11) is 0. The van der Waals surface area contributed by atoms with Crippen molar-refractivity contribution in [3.8, 4) is 21.7 Å². The minimum absolute atomic E-state index is 0.410. The van der Waals surface area contributed by atoms with Gasteiger partial charge in [0.15, 0.2) is 3.92 Å². The van der Waals surface area contributed by atoms with Gasteiger partial charge in [0, 0.05) is 5.56 Å². The molecule has 1 heterocycles. The van der Waals surface area contributed by atoms with Gasteiger partial charge in [0.05, 0.1) is 16.2 Å². The minimum Gasteiger partial charge on any atom is -0.386 e. The Morgan fingerprint density at radius 3 is 2.40 bits per heavy atom. The van der Waals surface area contributed by atoms with E-state index in [0.29, 0.717) is 5.92 Å². The molecule has 0 aliphatic heterocycles. The van der Waals surface area contributed by atoms with Crippen LogP contribution in [0.25, 0.3) is 21.7 Å². The van der Waals surface area contributed by atoms with Crippen LogP contribution < -0.4 is 0 Å². The van der Waals surface area contributed by atoms with Gasteiger partial charge in [-0.25, -0.2) is 4.98 Å². The summed E-state index contributed by atoms with van der Waals surface area (Å²) in [4.78, 5) is 5.86. The number of hydrogen-bond acceptors (Lipinski definition) is 3. The summed E-state index contributed by atoms with van der Waals surface area (Å²) < 4.78 is 0.889. The lowest BCUT2D eigenvalue weighted by Gasteiger charge is -2.41. The Hall–Kier alpha value is -1.75. The third kappa shape index (κ3) is 3.22. The molecule has 1 aromatic heterocycles. The van der Waals surface area contributed by atoms with Crippen LogP contribution in [0.2, 0.25) is 0 Å². The molecule has 0 radical (unpaired) electrons. The van der Waals surface area contributed by atoms with Crippen molar-refractivity contribution in [3.63, 3.8) is 0 Å². The Labute approximate surface area is 160 Å². The van der Waals surface area contributed by atoms with E-state index in [0.717, 1.165) is 28.0 Å². The van der Waals surface area contributed by atoms with Crippen molar-refractivity contribution in [2.24, 2.45) is 0 Å². The number of nitrogens with zero attached hydrogens (tertiary/aromatic N) is 1. The van der Waals surface area contributed by atoms with Gasteiger partial charge in [-0.3, -0.25) is 0 Å². The third-order valence-electron chi connectivity index (χ3n) is 4.87. The summed E-state index contributed by atoms with van der Waals surface area (Å²) >= 11 is 5.18. The second-order valence-electron chi connectivity index (χ2n) is 6.55. The van der Waals surface area contributed by atoms with Crippen LogP contribution in [0, 0.1) is 0 Å². The van der Waals surface area contributed by atoms with Gasteiger partial charge < -0.3 is 5.11 Å². The molecule has 2 aromatic carbocycles. The van der Waals surface area contributed by atoms with Gasteiger partial charge in [0.2, 0.25) is 0 Å². The standard InChI is InChI=1S/C21H18BrNOS/c1-2-21(24)12-17(13-21)14-8-10-15(11-9-14)18-19(25-20(22)23-18)16-6-4-3-5-7-16/h2-11,17,24H,1,12-13H2. The average Bonchev–Trinajstić information content (AvgIpc) is 3.02. The van der Waals surface area contributed by atoms with Crippen LogP contribution in [0.3, 0.4) is 0 Å². The first-order chi connectivity index (χ1) is 12.1. The van der Waals surface area contributed by atoms with Crippen LogP contribution in [0.5, 0.6) is 0 Å². The molecule has 0 unspecified atom stereocenters. The fourth-order valence-electron chi connectivity index (χ4n) is 3.38. The quantitative estimate of drug-likeness (QED) is 0.531. The van der Waals surface area contributed by atoms with Crippen molar-refractivity contribution in [3.05, 3.63) is 76.7 Å². The molecule has 1 saturated carbocycles. The van der Waals surface area contributed by atoms with Gasteiger partial charge in [0.25, 0.3) is 0 Å². The maximum Gasteiger partial charge on any atom is 0.160 e. The highest BCUT2D eigenvalue weighted by Gasteiger charge is 2.40. The number of hydrogen-bond donors (Lipinski definition) is 1. The van der Waals surface area contributed by atoms with Crippen molar-refractivity contribution >= 4 is 27.3 Å². The zero-order valence-corrected chi connectivity index (χ0v) is 16.1. The molecule has 1 fully saturated rings. The summed E-state index contributed by atoms with van der Waals surface area (Å²) in [5.41, 5.74) is 3.89. The number of rotatable bonds is 4. The molecule has 126 valence electrons. The van der Waals surface area contributed by atoms with Crippen molar-refractivity contribution in [1.82, 2.24) is 4.98 Å². The zero-order chi connectivity index (χ0) is 17.4. The van der Waals surface area contributed by atoms with E-state index in [2.05, 4.69) is 63.9 Å². The van der Waals surface area contributed by atoms with Crippen LogP contribution in [-0.2, 0) is 0 Å². The van der Waals surface area contributed by atoms with E-state index in [1.807, 2.05) is 18.2 Å². The monoisotopic (exact) mass is 411 g/mol. The van der Waals surface area contributed by atoms with E-state index in [1.165, 1.54) is 16.0 Å². The number of thiazole rings is 1. The normalized spacial score (nSPS) is 22.4. The van der Waals surface area contributed by atoms with Crippen molar-refractivity contribution < 1.29 is 5.11 Å². The summed E-state index contributed by atoms with van der Waals surface area (Å²) in [6.07, 6.45) is 3.18. The smallest absolute Gasteiger partial charge is 0.160 e. The largest absolute Gasteiger partial charge is 0.386 e. The molecule has 0 atom stereocenters. The SMILES string of the molecule is C=CC1(O)CC(c2ccc(-c3nc(Br)sc3-c3ccccc3)cc2)C1. The lowest BCUT2D eigenvalue weighted by molar-refractivity contribution is -0.00311. The first kappa shape index (κ1) is 16.7. The van der Waals surface area contributed by atoms with E-state index in [9.17, 15) is 5.11 Å². The summed E-state index contributed by atoms with van der Waals surface area (Å²) in [5.74, 6) is 0.410. The molecule has 1 aliphatic carbocycles. The molecule has 4 heteroatoms. The van der Waals surface area contributed by atoms with E-state index in [1.54, 1.807) is 17.4 Å².